The molecule has 2 saturated heterocycles. The third-order valence-corrected chi connectivity index (χ3v) is 4.76. The lowest BCUT2D eigenvalue weighted by atomic mass is 10.0. The number of hydrogen-bond acceptors (Lipinski definition) is 5. The number of carbonyl (C=O) groups excluding carboxylic acids is 2. The fraction of sp³-hybridized carbons (Fsp3) is 0.647. The first-order chi connectivity index (χ1) is 11.5. The number of nitrogens with zero attached hydrogens (tertiary/aromatic N) is 2. The smallest absolute Gasteiger partial charge is 0.289 e. The monoisotopic (exact) mass is 335 g/mol. The summed E-state index contributed by atoms with van der Waals surface area (Å²) in [7, 11) is 0. The Morgan fingerprint density at radius 2 is 2.00 bits per heavy atom. The Kier molecular flexibility index (Phi) is 5.20. The molecular formula is C17H25N3O4. The highest BCUT2D eigenvalue weighted by molar-refractivity contribution is 5.91. The normalized spacial score (nSPS) is 25.0. The molecular weight excluding hydrogens is 310 g/mol. The topological polar surface area (TPSA) is 75.0 Å². The number of rotatable bonds is 4. The van der Waals surface area contributed by atoms with Crippen molar-refractivity contribution in [3.63, 3.8) is 0 Å². The molecule has 1 aromatic heterocycles. The third kappa shape index (κ3) is 3.79. The molecule has 132 valence electrons. The molecule has 7 nitrogen and oxygen atoms in total. The highest BCUT2D eigenvalue weighted by atomic mass is 16.5. The van der Waals surface area contributed by atoms with Gasteiger partial charge in [-0.1, -0.05) is 6.92 Å². The van der Waals surface area contributed by atoms with Gasteiger partial charge in [0.15, 0.2) is 5.76 Å². The quantitative estimate of drug-likeness (QED) is 0.877. The summed E-state index contributed by atoms with van der Waals surface area (Å²) in [6.07, 6.45) is 0. The second kappa shape index (κ2) is 7.36. The molecule has 2 fully saturated rings. The van der Waals surface area contributed by atoms with E-state index in [1.807, 2.05) is 4.90 Å². The average molecular weight is 335 g/mol. The SMILES string of the molecule is CC(=O)NCc1ccc(C(=O)N2C[C@@H](C)[C@@H](N3CCOCC3)C2)o1. The van der Waals surface area contributed by atoms with Gasteiger partial charge in [0.05, 0.1) is 19.8 Å². The second-order valence-electron chi connectivity index (χ2n) is 6.58. The number of ether oxygens (including phenoxy) is 1. The van der Waals surface area contributed by atoms with E-state index in [-0.39, 0.29) is 11.8 Å². The second-order valence-corrected chi connectivity index (χ2v) is 6.58. The van der Waals surface area contributed by atoms with E-state index in [2.05, 4.69) is 17.1 Å². The number of hydrogen-bond donors (Lipinski definition) is 1. The van der Waals surface area contributed by atoms with Gasteiger partial charge in [-0.2, -0.15) is 0 Å². The lowest BCUT2D eigenvalue weighted by Crippen LogP contribution is -2.47. The zero-order valence-corrected chi connectivity index (χ0v) is 14.3. The van der Waals surface area contributed by atoms with Gasteiger partial charge in [-0.25, -0.2) is 0 Å². The molecule has 0 aromatic carbocycles. The van der Waals surface area contributed by atoms with Crippen LogP contribution in [-0.4, -0.2) is 67.0 Å². The summed E-state index contributed by atoms with van der Waals surface area (Å²) >= 11 is 0. The summed E-state index contributed by atoms with van der Waals surface area (Å²) in [6, 6.07) is 3.81. The van der Waals surface area contributed by atoms with E-state index in [4.69, 9.17) is 9.15 Å². The van der Waals surface area contributed by atoms with Crippen molar-refractivity contribution in [3.05, 3.63) is 23.7 Å². The van der Waals surface area contributed by atoms with Crippen molar-refractivity contribution in [2.75, 3.05) is 39.4 Å². The summed E-state index contributed by atoms with van der Waals surface area (Å²) in [6.45, 7) is 8.80. The van der Waals surface area contributed by atoms with E-state index in [0.29, 0.717) is 30.0 Å². The first kappa shape index (κ1) is 17.0. The molecule has 7 heteroatoms. The molecule has 0 spiro atoms. The first-order valence-electron chi connectivity index (χ1n) is 8.49. The number of carbonyl (C=O) groups is 2. The lowest BCUT2D eigenvalue weighted by molar-refractivity contribution is -0.119. The summed E-state index contributed by atoms with van der Waals surface area (Å²) in [4.78, 5) is 27.9. The number of morpholine rings is 1. The number of furan rings is 1. The fourth-order valence-electron chi connectivity index (χ4n) is 3.46. The van der Waals surface area contributed by atoms with E-state index in [0.717, 1.165) is 39.4 Å². The average Bonchev–Trinajstić information content (AvgIpc) is 3.20. The Morgan fingerprint density at radius 1 is 1.25 bits per heavy atom. The Balaban J connectivity index is 1.60. The molecule has 0 unspecified atom stereocenters. The highest BCUT2D eigenvalue weighted by Crippen LogP contribution is 2.24. The summed E-state index contributed by atoms with van der Waals surface area (Å²) in [5.74, 6) is 1.16. The molecule has 2 atom stereocenters. The maximum atomic E-state index is 12.7. The van der Waals surface area contributed by atoms with Crippen LogP contribution in [0.25, 0.3) is 0 Å². The molecule has 2 amide bonds. The van der Waals surface area contributed by atoms with Crippen LogP contribution in [0.2, 0.25) is 0 Å². The fourth-order valence-corrected chi connectivity index (χ4v) is 3.46. The van der Waals surface area contributed by atoms with Crippen molar-refractivity contribution < 1.29 is 18.7 Å². The molecule has 2 aliphatic heterocycles. The summed E-state index contributed by atoms with van der Waals surface area (Å²) < 4.78 is 11.0. The largest absolute Gasteiger partial charge is 0.454 e. The van der Waals surface area contributed by atoms with E-state index in [1.165, 1.54) is 6.92 Å². The van der Waals surface area contributed by atoms with Crippen LogP contribution >= 0.6 is 0 Å². The molecule has 2 aliphatic rings. The van der Waals surface area contributed by atoms with Crippen molar-refractivity contribution in [2.45, 2.75) is 26.4 Å². The third-order valence-electron chi connectivity index (χ3n) is 4.76. The van der Waals surface area contributed by atoms with Gasteiger partial charge in [-0.3, -0.25) is 14.5 Å². The van der Waals surface area contributed by atoms with Crippen LogP contribution in [0.4, 0.5) is 0 Å². The van der Waals surface area contributed by atoms with Gasteiger partial charge in [0.25, 0.3) is 5.91 Å². The predicted molar refractivity (Wildman–Crippen MR) is 87.5 cm³/mol. The van der Waals surface area contributed by atoms with Crippen LogP contribution in [0.15, 0.2) is 16.5 Å². The van der Waals surface area contributed by atoms with Gasteiger partial charge in [-0.05, 0) is 18.1 Å². The minimum absolute atomic E-state index is 0.0771. The van der Waals surface area contributed by atoms with Crippen molar-refractivity contribution >= 4 is 11.8 Å². The molecule has 0 bridgehead atoms. The lowest BCUT2D eigenvalue weighted by Gasteiger charge is -2.33. The Hall–Kier alpha value is -1.86. The van der Waals surface area contributed by atoms with Crippen LogP contribution in [0.5, 0.6) is 0 Å². The molecule has 1 N–H and O–H groups in total. The van der Waals surface area contributed by atoms with Crippen molar-refractivity contribution in [1.29, 1.82) is 0 Å². The van der Waals surface area contributed by atoms with Crippen LogP contribution < -0.4 is 5.32 Å². The highest BCUT2D eigenvalue weighted by Gasteiger charge is 2.37. The molecule has 3 rings (SSSR count). The van der Waals surface area contributed by atoms with E-state index in [9.17, 15) is 9.59 Å². The maximum absolute atomic E-state index is 12.7. The molecule has 0 saturated carbocycles. The van der Waals surface area contributed by atoms with Gasteiger partial charge in [-0.15, -0.1) is 0 Å². The first-order valence-corrected chi connectivity index (χ1v) is 8.49. The molecule has 3 heterocycles. The van der Waals surface area contributed by atoms with E-state index in [1.54, 1.807) is 12.1 Å². The van der Waals surface area contributed by atoms with Crippen LogP contribution in [-0.2, 0) is 16.1 Å². The maximum Gasteiger partial charge on any atom is 0.289 e. The molecule has 0 aliphatic carbocycles. The van der Waals surface area contributed by atoms with E-state index < -0.39 is 0 Å². The van der Waals surface area contributed by atoms with Crippen molar-refractivity contribution in [1.82, 2.24) is 15.1 Å². The molecule has 1 aromatic rings. The van der Waals surface area contributed by atoms with Crippen molar-refractivity contribution in [3.8, 4) is 0 Å². The van der Waals surface area contributed by atoms with Crippen LogP contribution in [0, 0.1) is 5.92 Å². The summed E-state index contributed by atoms with van der Waals surface area (Å²) in [5.41, 5.74) is 0. The number of amides is 2. The minimum atomic E-state index is -0.124. The van der Waals surface area contributed by atoms with Gasteiger partial charge in [0, 0.05) is 39.1 Å². The zero-order valence-electron chi connectivity index (χ0n) is 14.3. The minimum Gasteiger partial charge on any atom is -0.454 e. The Bertz CT molecular complexity index is 594. The molecule has 24 heavy (non-hydrogen) atoms. The predicted octanol–water partition coefficient (Wildman–Crippen LogP) is 0.708. The van der Waals surface area contributed by atoms with Crippen LogP contribution in [0.3, 0.4) is 0 Å². The Labute approximate surface area is 141 Å². The number of nitrogens with one attached hydrogen (secondary N) is 1. The van der Waals surface area contributed by atoms with Gasteiger partial charge < -0.3 is 19.4 Å². The van der Waals surface area contributed by atoms with Gasteiger partial charge in [0.1, 0.15) is 5.76 Å². The van der Waals surface area contributed by atoms with Gasteiger partial charge in [0.2, 0.25) is 5.91 Å². The summed E-state index contributed by atoms with van der Waals surface area (Å²) in [5, 5.41) is 2.66. The van der Waals surface area contributed by atoms with Crippen LogP contribution in [0.1, 0.15) is 30.2 Å². The van der Waals surface area contributed by atoms with Crippen molar-refractivity contribution in [2.24, 2.45) is 5.92 Å². The number of likely N-dealkylation sites (tertiary alicyclic amines) is 1. The zero-order chi connectivity index (χ0) is 17.1. The van der Waals surface area contributed by atoms with Gasteiger partial charge >= 0.3 is 0 Å². The Morgan fingerprint density at radius 3 is 2.71 bits per heavy atom. The standard InChI is InChI=1S/C17H25N3O4/c1-12-10-20(11-15(12)19-5-7-23-8-6-19)17(22)16-4-3-14(24-16)9-18-13(2)21/h3-4,12,15H,5-11H2,1-2H3,(H,18,21)/t12-,15+/m1/s1. The molecule has 0 radical (unpaired) electrons. The van der Waals surface area contributed by atoms with E-state index >= 15 is 0 Å².